The van der Waals surface area contributed by atoms with Crippen molar-refractivity contribution >= 4 is 5.96 Å². The van der Waals surface area contributed by atoms with Gasteiger partial charge in [-0.1, -0.05) is 31.0 Å². The summed E-state index contributed by atoms with van der Waals surface area (Å²) in [5.41, 5.74) is 1.81. The molecule has 27 heavy (non-hydrogen) atoms. The average Bonchev–Trinajstić information content (AvgIpc) is 3.39. The van der Waals surface area contributed by atoms with Gasteiger partial charge in [-0.05, 0) is 38.9 Å². The van der Waals surface area contributed by atoms with Gasteiger partial charge in [-0.3, -0.25) is 0 Å². The number of hydrogen-bond acceptors (Lipinski definition) is 4. The van der Waals surface area contributed by atoms with E-state index in [1.54, 1.807) is 6.26 Å². The van der Waals surface area contributed by atoms with Crippen LogP contribution < -0.4 is 10.6 Å². The molecule has 0 atom stereocenters. The fourth-order valence-corrected chi connectivity index (χ4v) is 3.47. The maximum Gasteiger partial charge on any atom is 0.226 e. The minimum atomic E-state index is 0.490. The summed E-state index contributed by atoms with van der Waals surface area (Å²) in [7, 11) is 2.22. The van der Waals surface area contributed by atoms with Gasteiger partial charge in [0.25, 0.3) is 0 Å². The molecule has 2 aromatic rings. The quantitative estimate of drug-likeness (QED) is 0.552. The Morgan fingerprint density at radius 2 is 2.00 bits per heavy atom. The zero-order chi connectivity index (χ0) is 18.9. The number of hydrogen-bond donors (Lipinski definition) is 2. The van der Waals surface area contributed by atoms with Crippen molar-refractivity contribution in [2.45, 2.75) is 45.2 Å². The van der Waals surface area contributed by atoms with Gasteiger partial charge in [0.2, 0.25) is 5.89 Å². The number of nitrogens with zero attached hydrogens (tertiary/aromatic N) is 3. The van der Waals surface area contributed by atoms with Crippen molar-refractivity contribution in [3.05, 3.63) is 42.3 Å². The van der Waals surface area contributed by atoms with Gasteiger partial charge in [0, 0.05) is 31.2 Å². The average molecular weight is 370 g/mol. The summed E-state index contributed by atoms with van der Waals surface area (Å²) < 4.78 is 5.58. The molecule has 0 saturated heterocycles. The van der Waals surface area contributed by atoms with Crippen LogP contribution in [0.1, 0.15) is 38.3 Å². The summed E-state index contributed by atoms with van der Waals surface area (Å²) in [5, 5.41) is 6.72. The van der Waals surface area contributed by atoms with Gasteiger partial charge in [0.05, 0.1) is 6.54 Å². The van der Waals surface area contributed by atoms with Crippen LogP contribution in [0, 0.1) is 0 Å². The summed E-state index contributed by atoms with van der Waals surface area (Å²) in [5.74, 6) is 1.46. The Balaban J connectivity index is 1.50. The van der Waals surface area contributed by atoms with Gasteiger partial charge in [0.1, 0.15) is 12.0 Å². The van der Waals surface area contributed by atoms with Crippen LogP contribution in [0.25, 0.3) is 11.5 Å². The minimum Gasteiger partial charge on any atom is -0.444 e. The first-order valence-corrected chi connectivity index (χ1v) is 9.98. The Hall–Kier alpha value is -2.34. The lowest BCUT2D eigenvalue weighted by atomic mass is 10.2. The summed E-state index contributed by atoms with van der Waals surface area (Å²) in [4.78, 5) is 11.6. The van der Waals surface area contributed by atoms with Crippen molar-refractivity contribution in [1.29, 1.82) is 0 Å². The molecule has 1 heterocycles. The lowest BCUT2D eigenvalue weighted by Crippen LogP contribution is -2.42. The first-order chi connectivity index (χ1) is 13.3. The highest BCUT2D eigenvalue weighted by Crippen LogP contribution is 2.21. The molecule has 0 unspecified atom stereocenters. The Morgan fingerprint density at radius 3 is 2.74 bits per heavy atom. The summed E-state index contributed by atoms with van der Waals surface area (Å²) in [6.07, 6.45) is 7.09. The number of oxazole rings is 1. The van der Waals surface area contributed by atoms with Crippen LogP contribution in [0.15, 0.2) is 46.0 Å². The van der Waals surface area contributed by atoms with E-state index in [1.807, 2.05) is 30.3 Å². The molecule has 0 amide bonds. The third-order valence-electron chi connectivity index (χ3n) is 5.02. The molecule has 1 aromatic heterocycles. The van der Waals surface area contributed by atoms with Crippen LogP contribution in [0.2, 0.25) is 0 Å². The molecule has 1 saturated carbocycles. The van der Waals surface area contributed by atoms with Crippen LogP contribution in [0.5, 0.6) is 0 Å². The second kappa shape index (κ2) is 10.1. The minimum absolute atomic E-state index is 0.490. The molecular weight excluding hydrogens is 338 g/mol. The van der Waals surface area contributed by atoms with E-state index < -0.39 is 0 Å². The van der Waals surface area contributed by atoms with Crippen molar-refractivity contribution in [3.8, 4) is 11.5 Å². The van der Waals surface area contributed by atoms with E-state index in [9.17, 15) is 0 Å². The second-order valence-corrected chi connectivity index (χ2v) is 7.05. The number of nitrogens with one attached hydrogen (secondary N) is 2. The van der Waals surface area contributed by atoms with E-state index in [4.69, 9.17) is 4.42 Å². The Kier molecular flexibility index (Phi) is 7.27. The summed E-state index contributed by atoms with van der Waals surface area (Å²) in [6.45, 7) is 5.30. The van der Waals surface area contributed by atoms with Crippen molar-refractivity contribution < 1.29 is 4.42 Å². The van der Waals surface area contributed by atoms with Crippen molar-refractivity contribution in [2.24, 2.45) is 4.99 Å². The standard InChI is InChI=1S/C21H31N5O/c1-3-22-21(23-13-14-26(2)19-11-7-8-12-19)24-15-18-16-27-20(25-18)17-9-5-4-6-10-17/h4-6,9-10,16,19H,3,7-8,11-15H2,1-2H3,(H2,22,23,24). The van der Waals surface area contributed by atoms with Crippen LogP contribution in [0.3, 0.4) is 0 Å². The SMILES string of the molecule is CCNC(=NCc1coc(-c2ccccc2)n1)NCCN(C)C1CCCC1. The molecule has 1 aliphatic carbocycles. The third kappa shape index (κ3) is 5.82. The van der Waals surface area contributed by atoms with E-state index in [-0.39, 0.29) is 0 Å². The molecule has 6 nitrogen and oxygen atoms in total. The molecule has 1 aliphatic rings. The smallest absolute Gasteiger partial charge is 0.226 e. The fraction of sp³-hybridized carbons (Fsp3) is 0.524. The molecule has 6 heteroatoms. The zero-order valence-corrected chi connectivity index (χ0v) is 16.4. The number of aliphatic imine (C=N–C) groups is 1. The normalized spacial score (nSPS) is 15.4. The van der Waals surface area contributed by atoms with Gasteiger partial charge >= 0.3 is 0 Å². The van der Waals surface area contributed by atoms with Gasteiger partial charge in [-0.15, -0.1) is 0 Å². The monoisotopic (exact) mass is 369 g/mol. The van der Waals surface area contributed by atoms with E-state index in [1.165, 1.54) is 25.7 Å². The molecule has 1 aromatic carbocycles. The molecule has 146 valence electrons. The largest absolute Gasteiger partial charge is 0.444 e. The van der Waals surface area contributed by atoms with Gasteiger partial charge in [-0.25, -0.2) is 9.98 Å². The Morgan fingerprint density at radius 1 is 1.22 bits per heavy atom. The molecule has 0 bridgehead atoms. The van der Waals surface area contributed by atoms with Crippen LogP contribution in [-0.2, 0) is 6.54 Å². The highest BCUT2D eigenvalue weighted by atomic mass is 16.3. The molecule has 3 rings (SSSR count). The Bertz CT molecular complexity index is 706. The third-order valence-corrected chi connectivity index (χ3v) is 5.02. The number of aromatic nitrogens is 1. The van der Waals surface area contributed by atoms with E-state index in [2.05, 4.69) is 39.5 Å². The molecule has 0 radical (unpaired) electrons. The maximum absolute atomic E-state index is 5.58. The highest BCUT2D eigenvalue weighted by Gasteiger charge is 2.18. The summed E-state index contributed by atoms with van der Waals surface area (Å²) >= 11 is 0. The van der Waals surface area contributed by atoms with Crippen LogP contribution in [-0.4, -0.2) is 48.6 Å². The summed E-state index contributed by atoms with van der Waals surface area (Å²) in [6, 6.07) is 10.7. The fourth-order valence-electron chi connectivity index (χ4n) is 3.47. The molecule has 0 aliphatic heterocycles. The van der Waals surface area contributed by atoms with Crippen molar-refractivity contribution in [2.75, 3.05) is 26.7 Å². The molecular formula is C21H31N5O. The maximum atomic E-state index is 5.58. The topological polar surface area (TPSA) is 65.7 Å². The van der Waals surface area contributed by atoms with Gasteiger partial charge in [-0.2, -0.15) is 0 Å². The molecule has 2 N–H and O–H groups in total. The Labute approximate surface area is 162 Å². The number of benzene rings is 1. The van der Waals surface area contributed by atoms with Crippen LogP contribution in [0.4, 0.5) is 0 Å². The first kappa shape index (κ1) is 19.4. The second-order valence-electron chi connectivity index (χ2n) is 7.05. The molecule has 1 fully saturated rings. The van der Waals surface area contributed by atoms with Gasteiger partial charge in [0.15, 0.2) is 5.96 Å². The first-order valence-electron chi connectivity index (χ1n) is 9.98. The van der Waals surface area contributed by atoms with Crippen LogP contribution >= 0.6 is 0 Å². The predicted molar refractivity (Wildman–Crippen MR) is 110 cm³/mol. The van der Waals surface area contributed by atoms with E-state index in [0.29, 0.717) is 12.4 Å². The lowest BCUT2D eigenvalue weighted by molar-refractivity contribution is 0.249. The number of guanidine groups is 1. The zero-order valence-electron chi connectivity index (χ0n) is 16.4. The van der Waals surface area contributed by atoms with E-state index >= 15 is 0 Å². The van der Waals surface area contributed by atoms with Crippen molar-refractivity contribution in [1.82, 2.24) is 20.5 Å². The number of likely N-dealkylation sites (N-methyl/N-ethyl adjacent to an activating group) is 1. The van der Waals surface area contributed by atoms with E-state index in [0.717, 1.165) is 42.9 Å². The molecule has 0 spiro atoms. The van der Waals surface area contributed by atoms with Gasteiger partial charge < -0.3 is 20.0 Å². The number of rotatable bonds is 8. The predicted octanol–water partition coefficient (Wildman–Crippen LogP) is 3.27. The van der Waals surface area contributed by atoms with Crippen molar-refractivity contribution in [3.63, 3.8) is 0 Å². The highest BCUT2D eigenvalue weighted by molar-refractivity contribution is 5.79. The lowest BCUT2D eigenvalue weighted by Gasteiger charge is -2.24.